The topological polar surface area (TPSA) is 104 Å². The Kier molecular flexibility index (Phi) is 8.14. The van der Waals surface area contributed by atoms with Gasteiger partial charge in [0, 0.05) is 16.8 Å². The van der Waals surface area contributed by atoms with Crippen LogP contribution in [0.4, 0.5) is 10.1 Å². The maximum Gasteiger partial charge on any atom is 0.251 e. The quantitative estimate of drug-likeness (QED) is 0.555. The lowest BCUT2D eigenvalue weighted by atomic mass is 10.0. The van der Waals surface area contributed by atoms with Crippen molar-refractivity contribution in [3.8, 4) is 0 Å². The van der Waals surface area contributed by atoms with E-state index in [1.54, 1.807) is 20.8 Å². The minimum atomic E-state index is -3.69. The van der Waals surface area contributed by atoms with E-state index in [0.29, 0.717) is 12.1 Å². The molecule has 0 aliphatic rings. The standard InChI is InChI=1S/C23H30FN3O4S/c1-15(2)14-20(26-21(28)16-6-8-17(24)9-7-16)22(29)25-18-10-12-19(13-11-18)32(30,31)27-23(3,4)5/h6-13,15,20,27H,14H2,1-5H3,(H,25,29)(H,26,28)/t20-/m0/s1. The Morgan fingerprint density at radius 3 is 2.03 bits per heavy atom. The van der Waals surface area contributed by atoms with Crippen molar-refractivity contribution in [2.45, 2.75) is 57.5 Å². The highest BCUT2D eigenvalue weighted by Gasteiger charge is 2.24. The summed E-state index contributed by atoms with van der Waals surface area (Å²) >= 11 is 0. The normalized spacial score (nSPS) is 13.0. The number of sulfonamides is 1. The number of halogens is 1. The predicted molar refractivity (Wildman–Crippen MR) is 122 cm³/mol. The van der Waals surface area contributed by atoms with Gasteiger partial charge in [-0.25, -0.2) is 17.5 Å². The van der Waals surface area contributed by atoms with Crippen LogP contribution in [0.1, 0.15) is 51.4 Å². The van der Waals surface area contributed by atoms with E-state index in [1.165, 1.54) is 48.5 Å². The Bertz CT molecular complexity index is 1040. The molecule has 32 heavy (non-hydrogen) atoms. The number of carbonyl (C=O) groups is 2. The van der Waals surface area contributed by atoms with Crippen LogP contribution in [0.25, 0.3) is 0 Å². The molecule has 0 heterocycles. The summed E-state index contributed by atoms with van der Waals surface area (Å²) < 4.78 is 40.5. The third kappa shape index (κ3) is 7.72. The second-order valence-electron chi connectivity index (χ2n) is 9.03. The Balaban J connectivity index is 2.12. The van der Waals surface area contributed by atoms with E-state index in [0.717, 1.165) is 0 Å². The molecule has 2 rings (SSSR count). The van der Waals surface area contributed by atoms with Crippen LogP contribution in [-0.4, -0.2) is 31.8 Å². The summed E-state index contributed by atoms with van der Waals surface area (Å²) in [6, 6.07) is 10.0. The van der Waals surface area contributed by atoms with Crippen molar-refractivity contribution in [2.24, 2.45) is 5.92 Å². The van der Waals surface area contributed by atoms with Crippen molar-refractivity contribution in [2.75, 3.05) is 5.32 Å². The maximum atomic E-state index is 13.1. The minimum absolute atomic E-state index is 0.0776. The molecule has 0 aliphatic heterocycles. The van der Waals surface area contributed by atoms with Crippen LogP contribution in [0.15, 0.2) is 53.4 Å². The molecular formula is C23H30FN3O4S. The van der Waals surface area contributed by atoms with Gasteiger partial charge in [-0.2, -0.15) is 0 Å². The summed E-state index contributed by atoms with van der Waals surface area (Å²) in [5, 5.41) is 5.40. The van der Waals surface area contributed by atoms with Gasteiger partial charge in [-0.05, 0) is 81.6 Å². The maximum absolute atomic E-state index is 13.1. The first-order chi connectivity index (χ1) is 14.8. The van der Waals surface area contributed by atoms with Crippen molar-refractivity contribution >= 4 is 27.5 Å². The van der Waals surface area contributed by atoms with Crippen molar-refractivity contribution in [1.82, 2.24) is 10.0 Å². The van der Waals surface area contributed by atoms with E-state index in [2.05, 4.69) is 15.4 Å². The molecule has 1 atom stereocenters. The Morgan fingerprint density at radius 1 is 0.969 bits per heavy atom. The Hall–Kier alpha value is -2.78. The third-order valence-corrected chi connectivity index (χ3v) is 6.08. The molecule has 2 aromatic rings. The van der Waals surface area contributed by atoms with E-state index in [1.807, 2.05) is 13.8 Å². The molecule has 0 unspecified atom stereocenters. The number of hydrogen-bond donors (Lipinski definition) is 3. The fourth-order valence-corrected chi connectivity index (χ4v) is 4.37. The number of anilines is 1. The molecule has 3 N–H and O–H groups in total. The first-order valence-electron chi connectivity index (χ1n) is 10.3. The molecular weight excluding hydrogens is 433 g/mol. The number of rotatable bonds is 8. The lowest BCUT2D eigenvalue weighted by Crippen LogP contribution is -2.44. The molecule has 7 nitrogen and oxygen atoms in total. The molecule has 0 radical (unpaired) electrons. The van der Waals surface area contributed by atoms with Gasteiger partial charge in [0.05, 0.1) is 4.90 Å². The van der Waals surface area contributed by atoms with Gasteiger partial charge in [0.15, 0.2) is 0 Å². The van der Waals surface area contributed by atoms with Crippen LogP contribution in [0.5, 0.6) is 0 Å². The molecule has 0 aliphatic carbocycles. The summed E-state index contributed by atoms with van der Waals surface area (Å²) in [6.45, 7) is 9.08. The van der Waals surface area contributed by atoms with E-state index in [-0.39, 0.29) is 16.4 Å². The number of carbonyl (C=O) groups excluding carboxylic acids is 2. The molecule has 0 bridgehead atoms. The smallest absolute Gasteiger partial charge is 0.251 e. The molecule has 0 saturated heterocycles. The molecule has 0 spiro atoms. The zero-order valence-electron chi connectivity index (χ0n) is 18.9. The van der Waals surface area contributed by atoms with Crippen LogP contribution in [0, 0.1) is 11.7 Å². The monoisotopic (exact) mass is 463 g/mol. The first-order valence-corrected chi connectivity index (χ1v) is 11.8. The summed E-state index contributed by atoms with van der Waals surface area (Å²) in [4.78, 5) is 25.4. The van der Waals surface area contributed by atoms with Crippen LogP contribution < -0.4 is 15.4 Å². The van der Waals surface area contributed by atoms with E-state index in [9.17, 15) is 22.4 Å². The SMILES string of the molecule is CC(C)C[C@H](NC(=O)c1ccc(F)cc1)C(=O)Nc1ccc(S(=O)(=O)NC(C)(C)C)cc1. The van der Waals surface area contributed by atoms with Gasteiger partial charge >= 0.3 is 0 Å². The summed E-state index contributed by atoms with van der Waals surface area (Å²) in [5.41, 5.74) is 0.0155. The third-order valence-electron chi connectivity index (χ3n) is 4.31. The van der Waals surface area contributed by atoms with Gasteiger partial charge in [-0.3, -0.25) is 9.59 Å². The second kappa shape index (κ2) is 10.2. The highest BCUT2D eigenvalue weighted by molar-refractivity contribution is 7.89. The van der Waals surface area contributed by atoms with Crippen molar-refractivity contribution < 1.29 is 22.4 Å². The minimum Gasteiger partial charge on any atom is -0.340 e. The van der Waals surface area contributed by atoms with Crippen LogP contribution >= 0.6 is 0 Å². The van der Waals surface area contributed by atoms with Gasteiger partial charge < -0.3 is 10.6 Å². The molecule has 0 aromatic heterocycles. The van der Waals surface area contributed by atoms with E-state index >= 15 is 0 Å². The van der Waals surface area contributed by atoms with E-state index in [4.69, 9.17) is 0 Å². The molecule has 174 valence electrons. The zero-order chi connectivity index (χ0) is 24.1. The van der Waals surface area contributed by atoms with Gasteiger partial charge in [0.1, 0.15) is 11.9 Å². The molecule has 2 amide bonds. The summed E-state index contributed by atoms with van der Waals surface area (Å²) in [5.74, 6) is -1.26. The van der Waals surface area contributed by atoms with Crippen LogP contribution in [0.2, 0.25) is 0 Å². The van der Waals surface area contributed by atoms with Crippen molar-refractivity contribution in [3.05, 3.63) is 59.9 Å². The van der Waals surface area contributed by atoms with Crippen LogP contribution in [-0.2, 0) is 14.8 Å². The lowest BCUT2D eigenvalue weighted by molar-refractivity contribution is -0.118. The van der Waals surface area contributed by atoms with Gasteiger partial charge in [-0.1, -0.05) is 13.8 Å². The number of amides is 2. The first kappa shape index (κ1) is 25.5. The Labute approximate surface area is 188 Å². The molecule has 9 heteroatoms. The molecule has 0 fully saturated rings. The Morgan fingerprint density at radius 2 is 1.53 bits per heavy atom. The second-order valence-corrected chi connectivity index (χ2v) is 10.7. The highest BCUT2D eigenvalue weighted by Crippen LogP contribution is 2.17. The average molecular weight is 464 g/mol. The zero-order valence-corrected chi connectivity index (χ0v) is 19.7. The van der Waals surface area contributed by atoms with Crippen molar-refractivity contribution in [1.29, 1.82) is 0 Å². The van der Waals surface area contributed by atoms with E-state index < -0.39 is 39.2 Å². The van der Waals surface area contributed by atoms with Gasteiger partial charge in [0.2, 0.25) is 15.9 Å². The van der Waals surface area contributed by atoms with Gasteiger partial charge in [-0.15, -0.1) is 0 Å². The highest BCUT2D eigenvalue weighted by atomic mass is 32.2. The molecule has 0 saturated carbocycles. The number of hydrogen-bond acceptors (Lipinski definition) is 4. The van der Waals surface area contributed by atoms with Crippen LogP contribution in [0.3, 0.4) is 0 Å². The lowest BCUT2D eigenvalue weighted by Gasteiger charge is -2.21. The average Bonchev–Trinajstić information content (AvgIpc) is 2.66. The summed E-state index contributed by atoms with van der Waals surface area (Å²) in [7, 11) is -3.69. The summed E-state index contributed by atoms with van der Waals surface area (Å²) in [6.07, 6.45) is 0.390. The largest absolute Gasteiger partial charge is 0.340 e. The fourth-order valence-electron chi connectivity index (χ4n) is 2.95. The molecule has 2 aromatic carbocycles. The van der Waals surface area contributed by atoms with Crippen molar-refractivity contribution in [3.63, 3.8) is 0 Å². The van der Waals surface area contributed by atoms with Gasteiger partial charge in [0.25, 0.3) is 5.91 Å². The predicted octanol–water partition coefficient (Wildman–Crippen LogP) is 3.69. The fraction of sp³-hybridized carbons (Fsp3) is 0.391. The number of nitrogens with one attached hydrogen (secondary N) is 3. The number of benzene rings is 2.